The van der Waals surface area contributed by atoms with Crippen LogP contribution in [0.1, 0.15) is 0 Å². The highest BCUT2D eigenvalue weighted by Gasteiger charge is 2.46. The van der Waals surface area contributed by atoms with Gasteiger partial charge in [0.2, 0.25) is 0 Å². The van der Waals surface area contributed by atoms with E-state index in [1.54, 1.807) is 18.2 Å². The second-order valence-electron chi connectivity index (χ2n) is 2.79. The molecule has 17 heavy (non-hydrogen) atoms. The van der Waals surface area contributed by atoms with Gasteiger partial charge >= 0.3 is 15.5 Å². The van der Waals surface area contributed by atoms with Crippen molar-refractivity contribution in [1.29, 1.82) is 0 Å². The molecular weight excluding hydrogens is 275 g/mol. The quantitative estimate of drug-likeness (QED) is 0.856. The third-order valence-electron chi connectivity index (χ3n) is 1.61. The number of sulfonamides is 1. The summed E-state index contributed by atoms with van der Waals surface area (Å²) >= 11 is 0. The van der Waals surface area contributed by atoms with Crippen LogP contribution in [0.4, 0.5) is 13.2 Å². The molecular formula is C9H8F3NO2S2. The van der Waals surface area contributed by atoms with Gasteiger partial charge in [-0.2, -0.15) is 21.6 Å². The van der Waals surface area contributed by atoms with Crippen LogP contribution >= 0.6 is 0 Å². The van der Waals surface area contributed by atoms with Crippen molar-refractivity contribution in [1.82, 2.24) is 0 Å². The summed E-state index contributed by atoms with van der Waals surface area (Å²) in [7, 11) is -7.02. The normalized spacial score (nSPS) is 14.5. The van der Waals surface area contributed by atoms with Gasteiger partial charge < -0.3 is 0 Å². The first-order valence-corrected chi connectivity index (χ1v) is 6.91. The van der Waals surface area contributed by atoms with Crippen LogP contribution in [0.15, 0.2) is 51.0 Å². The van der Waals surface area contributed by atoms with Crippen molar-refractivity contribution in [2.45, 2.75) is 10.4 Å². The van der Waals surface area contributed by atoms with Crippen molar-refractivity contribution >= 4 is 20.7 Å². The van der Waals surface area contributed by atoms with Crippen LogP contribution in [-0.4, -0.2) is 13.9 Å². The average Bonchev–Trinajstić information content (AvgIpc) is 2.25. The van der Waals surface area contributed by atoms with Crippen LogP contribution in [0.3, 0.4) is 0 Å². The number of alkyl halides is 3. The highest BCUT2D eigenvalue weighted by molar-refractivity contribution is 8.01. The van der Waals surface area contributed by atoms with Gasteiger partial charge in [-0.3, -0.25) is 0 Å². The van der Waals surface area contributed by atoms with E-state index in [1.165, 1.54) is 12.1 Å². The molecule has 0 radical (unpaired) electrons. The van der Waals surface area contributed by atoms with E-state index < -0.39 is 26.2 Å². The van der Waals surface area contributed by atoms with Gasteiger partial charge in [-0.15, -0.1) is 3.77 Å². The lowest BCUT2D eigenvalue weighted by Gasteiger charge is -2.06. The van der Waals surface area contributed by atoms with E-state index in [-0.39, 0.29) is 0 Å². The molecule has 1 aromatic rings. The van der Waals surface area contributed by atoms with Crippen molar-refractivity contribution in [3.8, 4) is 0 Å². The number of rotatable bonds is 3. The Morgan fingerprint density at radius 1 is 1.24 bits per heavy atom. The zero-order valence-corrected chi connectivity index (χ0v) is 10.0. The molecule has 0 spiro atoms. The predicted octanol–water partition coefficient (Wildman–Crippen LogP) is 2.84. The van der Waals surface area contributed by atoms with Gasteiger partial charge in [0, 0.05) is 4.90 Å². The number of benzene rings is 1. The lowest BCUT2D eigenvalue weighted by Crippen LogP contribution is -2.21. The molecule has 94 valence electrons. The van der Waals surface area contributed by atoms with Crippen molar-refractivity contribution in [2.24, 2.45) is 3.77 Å². The Bertz CT molecular complexity index is 535. The molecule has 0 bridgehead atoms. The number of hydrogen-bond donors (Lipinski definition) is 0. The average molecular weight is 283 g/mol. The minimum atomic E-state index is -5.49. The van der Waals surface area contributed by atoms with Crippen LogP contribution in [0.5, 0.6) is 0 Å². The Balaban J connectivity index is 3.27. The van der Waals surface area contributed by atoms with Crippen LogP contribution in [-0.2, 0) is 20.7 Å². The van der Waals surface area contributed by atoms with Crippen molar-refractivity contribution in [3.05, 3.63) is 42.3 Å². The molecule has 0 aliphatic carbocycles. The highest BCUT2D eigenvalue weighted by Crippen LogP contribution is 2.26. The minimum Gasteiger partial charge on any atom is -0.194 e. The van der Waals surface area contributed by atoms with Crippen LogP contribution in [0, 0.1) is 0 Å². The van der Waals surface area contributed by atoms with Gasteiger partial charge in [-0.1, -0.05) is 24.8 Å². The highest BCUT2D eigenvalue weighted by atomic mass is 32.3. The fourth-order valence-corrected chi connectivity index (χ4v) is 3.28. The van der Waals surface area contributed by atoms with Crippen LogP contribution in [0.25, 0.3) is 0 Å². The Hall–Kier alpha value is -1.15. The zero-order valence-electron chi connectivity index (χ0n) is 8.39. The minimum absolute atomic E-state index is 0.357. The van der Waals surface area contributed by atoms with E-state index in [0.717, 1.165) is 5.41 Å². The van der Waals surface area contributed by atoms with E-state index in [4.69, 9.17) is 0 Å². The first-order valence-electron chi connectivity index (χ1n) is 4.23. The molecule has 0 aliphatic heterocycles. The standard InChI is InChI=1S/C9H8F3NO2S2/c1-2-16(8-6-4-3-5-7-8)13-17(14,15)9(10,11)12/h2-7H,1H2. The second kappa shape index (κ2) is 5.01. The summed E-state index contributed by atoms with van der Waals surface area (Å²) in [6.45, 7) is 3.29. The lowest BCUT2D eigenvalue weighted by molar-refractivity contribution is -0.0434. The van der Waals surface area contributed by atoms with Crippen molar-refractivity contribution < 1.29 is 21.6 Å². The molecule has 0 fully saturated rings. The number of halogens is 3. The fourth-order valence-electron chi connectivity index (χ4n) is 0.878. The van der Waals surface area contributed by atoms with Gasteiger partial charge in [0.1, 0.15) is 0 Å². The van der Waals surface area contributed by atoms with Crippen LogP contribution in [0.2, 0.25) is 0 Å². The van der Waals surface area contributed by atoms with Gasteiger partial charge in [0.25, 0.3) is 0 Å². The molecule has 1 unspecified atom stereocenters. The molecule has 0 amide bonds. The second-order valence-corrected chi connectivity index (χ2v) is 6.23. The Morgan fingerprint density at radius 3 is 2.18 bits per heavy atom. The molecule has 1 aromatic carbocycles. The van der Waals surface area contributed by atoms with Crippen LogP contribution < -0.4 is 0 Å². The fraction of sp³-hybridized carbons (Fsp3) is 0.111. The van der Waals surface area contributed by atoms with E-state index in [1.807, 2.05) is 0 Å². The number of hydrogen-bond acceptors (Lipinski definition) is 2. The number of nitrogens with zero attached hydrogens (tertiary/aromatic N) is 1. The van der Waals surface area contributed by atoms with E-state index in [9.17, 15) is 21.6 Å². The van der Waals surface area contributed by atoms with Gasteiger partial charge in [0.05, 0.1) is 0 Å². The molecule has 8 heteroatoms. The predicted molar refractivity (Wildman–Crippen MR) is 59.7 cm³/mol. The first kappa shape index (κ1) is 13.9. The van der Waals surface area contributed by atoms with Gasteiger partial charge in [-0.05, 0) is 28.2 Å². The molecule has 0 saturated carbocycles. The first-order chi connectivity index (χ1) is 7.78. The molecule has 0 aromatic heterocycles. The maximum absolute atomic E-state index is 12.1. The maximum Gasteiger partial charge on any atom is 0.519 e. The molecule has 0 aliphatic rings. The molecule has 1 atom stereocenters. The Labute approximate surface area is 99.1 Å². The monoisotopic (exact) mass is 283 g/mol. The molecule has 1 rings (SSSR count). The molecule has 3 nitrogen and oxygen atoms in total. The topological polar surface area (TPSA) is 46.5 Å². The van der Waals surface area contributed by atoms with Crippen molar-refractivity contribution in [3.63, 3.8) is 0 Å². The maximum atomic E-state index is 12.1. The largest absolute Gasteiger partial charge is 0.519 e. The summed E-state index contributed by atoms with van der Waals surface area (Å²) in [5.74, 6) is 0. The van der Waals surface area contributed by atoms with E-state index in [0.29, 0.717) is 4.90 Å². The third-order valence-corrected chi connectivity index (χ3v) is 4.70. The summed E-state index contributed by atoms with van der Waals surface area (Å²) in [4.78, 5) is 0.357. The Morgan fingerprint density at radius 2 is 1.76 bits per heavy atom. The van der Waals surface area contributed by atoms with Gasteiger partial charge in [-0.25, -0.2) is 0 Å². The third kappa shape index (κ3) is 3.40. The summed E-state index contributed by atoms with van der Waals surface area (Å²) in [5, 5.41) is 1.07. The Kier molecular flexibility index (Phi) is 4.10. The summed E-state index contributed by atoms with van der Waals surface area (Å²) < 4.78 is 61.0. The molecule has 0 N–H and O–H groups in total. The molecule has 0 saturated heterocycles. The smallest absolute Gasteiger partial charge is 0.194 e. The summed E-state index contributed by atoms with van der Waals surface area (Å²) in [6.07, 6.45) is 0. The zero-order chi connectivity index (χ0) is 13.1. The SMILES string of the molecule is C=C/S(=N\S(=O)(=O)C(F)(F)F)c1ccccc1. The van der Waals surface area contributed by atoms with Crippen molar-refractivity contribution in [2.75, 3.05) is 0 Å². The van der Waals surface area contributed by atoms with Gasteiger partial charge in [0.15, 0.2) is 0 Å². The lowest BCUT2D eigenvalue weighted by atomic mass is 10.4. The molecule has 0 heterocycles. The van der Waals surface area contributed by atoms with E-state index in [2.05, 4.69) is 10.3 Å². The van der Waals surface area contributed by atoms with E-state index >= 15 is 0 Å². The summed E-state index contributed by atoms with van der Waals surface area (Å²) in [5.41, 5.74) is -5.38. The summed E-state index contributed by atoms with van der Waals surface area (Å²) in [6, 6.07) is 7.79.